The van der Waals surface area contributed by atoms with Crippen molar-refractivity contribution >= 4 is 33.7 Å². The summed E-state index contributed by atoms with van der Waals surface area (Å²) in [6, 6.07) is 7.80. The summed E-state index contributed by atoms with van der Waals surface area (Å²) >= 11 is 3.40. The van der Waals surface area contributed by atoms with Crippen molar-refractivity contribution in [2.75, 3.05) is 11.9 Å². The topological polar surface area (TPSA) is 64.3 Å². The molecule has 0 amide bonds. The van der Waals surface area contributed by atoms with E-state index < -0.39 is 5.97 Å². The predicted molar refractivity (Wildman–Crippen MR) is 78.9 cm³/mol. The van der Waals surface area contributed by atoms with Gasteiger partial charge in [0.25, 0.3) is 0 Å². The molecule has 1 N–H and O–H groups in total. The van der Waals surface area contributed by atoms with Gasteiger partial charge in [-0.1, -0.05) is 22.0 Å². The fourth-order valence-electron chi connectivity index (χ4n) is 1.63. The van der Waals surface area contributed by atoms with E-state index in [0.29, 0.717) is 6.42 Å². The first-order valence-corrected chi connectivity index (χ1v) is 6.55. The van der Waals surface area contributed by atoms with Crippen molar-refractivity contribution in [2.45, 2.75) is 19.4 Å². The van der Waals surface area contributed by atoms with Gasteiger partial charge in [-0.2, -0.15) is 5.26 Å². The second-order valence-electron chi connectivity index (χ2n) is 4.20. The van der Waals surface area contributed by atoms with E-state index in [2.05, 4.69) is 22.0 Å². The van der Waals surface area contributed by atoms with E-state index >= 15 is 0 Å². The molecule has 1 atom stereocenters. The molecule has 1 aromatic carbocycles. The Balaban J connectivity index is 3.13. The number of carboxylic acid groups (broad SMARTS) is 1. The molecular weight excluding hydrogens is 308 g/mol. The number of nitrogens with zero attached hydrogens (tertiary/aromatic N) is 2. The van der Waals surface area contributed by atoms with Crippen LogP contribution in [0, 0.1) is 11.3 Å². The number of nitriles is 1. The Bertz CT molecular complexity index is 535. The number of hydrogen-bond acceptors (Lipinski definition) is 3. The van der Waals surface area contributed by atoms with Crippen molar-refractivity contribution in [2.24, 2.45) is 0 Å². The zero-order valence-electron chi connectivity index (χ0n) is 10.8. The standard InChI is InChI=1S/C14H15BrN2O2/c1-10(7-8-16)17(2)13-9-12(15)5-3-11(13)4-6-14(18)19/h3-6,9-10H,7H2,1-2H3,(H,18,19). The van der Waals surface area contributed by atoms with Crippen LogP contribution < -0.4 is 4.90 Å². The smallest absolute Gasteiger partial charge is 0.328 e. The summed E-state index contributed by atoms with van der Waals surface area (Å²) in [5, 5.41) is 17.5. The van der Waals surface area contributed by atoms with Gasteiger partial charge in [0.1, 0.15) is 0 Å². The van der Waals surface area contributed by atoms with Crippen LogP contribution in [0.5, 0.6) is 0 Å². The molecule has 1 aromatic rings. The number of halogens is 1. The van der Waals surface area contributed by atoms with Crippen molar-refractivity contribution in [1.82, 2.24) is 0 Å². The number of rotatable bonds is 5. The highest BCUT2D eigenvalue weighted by atomic mass is 79.9. The highest BCUT2D eigenvalue weighted by Gasteiger charge is 2.13. The number of carbonyl (C=O) groups is 1. The van der Waals surface area contributed by atoms with Crippen LogP contribution in [-0.2, 0) is 4.79 Å². The normalized spacial score (nSPS) is 12.1. The fourth-order valence-corrected chi connectivity index (χ4v) is 1.98. The lowest BCUT2D eigenvalue weighted by Gasteiger charge is -2.27. The molecule has 0 aliphatic heterocycles. The van der Waals surface area contributed by atoms with Gasteiger partial charge in [-0.05, 0) is 30.7 Å². The molecule has 4 nitrogen and oxygen atoms in total. The highest BCUT2D eigenvalue weighted by molar-refractivity contribution is 9.10. The fraction of sp³-hybridized carbons (Fsp3) is 0.286. The maximum atomic E-state index is 10.6. The monoisotopic (exact) mass is 322 g/mol. The Labute approximate surface area is 121 Å². The van der Waals surface area contributed by atoms with E-state index in [-0.39, 0.29) is 6.04 Å². The average molecular weight is 323 g/mol. The minimum atomic E-state index is -0.985. The van der Waals surface area contributed by atoms with E-state index in [9.17, 15) is 4.79 Å². The van der Waals surface area contributed by atoms with Gasteiger partial charge in [0.05, 0.1) is 12.5 Å². The van der Waals surface area contributed by atoms with Gasteiger partial charge in [-0.3, -0.25) is 0 Å². The Kier molecular flexibility index (Phi) is 5.58. The van der Waals surface area contributed by atoms with Crippen LogP contribution >= 0.6 is 15.9 Å². The number of anilines is 1. The highest BCUT2D eigenvalue weighted by Crippen LogP contribution is 2.27. The molecule has 5 heteroatoms. The lowest BCUT2D eigenvalue weighted by Crippen LogP contribution is -2.28. The van der Waals surface area contributed by atoms with Gasteiger partial charge in [-0.15, -0.1) is 0 Å². The van der Waals surface area contributed by atoms with Crippen molar-refractivity contribution in [3.8, 4) is 6.07 Å². The van der Waals surface area contributed by atoms with Gasteiger partial charge >= 0.3 is 5.97 Å². The molecule has 0 aliphatic rings. The molecule has 0 radical (unpaired) electrons. The second-order valence-corrected chi connectivity index (χ2v) is 5.11. The summed E-state index contributed by atoms with van der Waals surface area (Å²) in [4.78, 5) is 12.6. The summed E-state index contributed by atoms with van der Waals surface area (Å²) in [5.74, 6) is -0.985. The molecule has 0 saturated heterocycles. The van der Waals surface area contributed by atoms with Crippen molar-refractivity contribution in [3.05, 3.63) is 34.3 Å². The first-order chi connectivity index (χ1) is 8.95. The maximum Gasteiger partial charge on any atom is 0.328 e. The van der Waals surface area contributed by atoms with Gasteiger partial charge < -0.3 is 10.0 Å². The lowest BCUT2D eigenvalue weighted by molar-refractivity contribution is -0.131. The van der Waals surface area contributed by atoms with Crippen molar-refractivity contribution in [3.63, 3.8) is 0 Å². The van der Waals surface area contributed by atoms with Gasteiger partial charge in [0, 0.05) is 29.3 Å². The summed E-state index contributed by atoms with van der Waals surface area (Å²) in [7, 11) is 1.89. The number of benzene rings is 1. The molecule has 0 aromatic heterocycles. The third-order valence-electron chi connectivity index (χ3n) is 2.83. The first-order valence-electron chi connectivity index (χ1n) is 5.76. The minimum absolute atomic E-state index is 0.0521. The largest absolute Gasteiger partial charge is 0.478 e. The van der Waals surface area contributed by atoms with Gasteiger partial charge in [0.15, 0.2) is 0 Å². The van der Waals surface area contributed by atoms with E-state index in [1.165, 1.54) is 0 Å². The zero-order chi connectivity index (χ0) is 14.4. The van der Waals surface area contributed by atoms with Crippen LogP contribution in [0.3, 0.4) is 0 Å². The summed E-state index contributed by atoms with van der Waals surface area (Å²) in [6.45, 7) is 1.95. The average Bonchev–Trinajstić information content (AvgIpc) is 2.36. The Morgan fingerprint density at radius 2 is 2.32 bits per heavy atom. The Morgan fingerprint density at radius 1 is 1.63 bits per heavy atom. The minimum Gasteiger partial charge on any atom is -0.478 e. The van der Waals surface area contributed by atoms with E-state index in [1.54, 1.807) is 6.08 Å². The first kappa shape index (κ1) is 15.3. The molecule has 100 valence electrons. The number of hydrogen-bond donors (Lipinski definition) is 1. The van der Waals surface area contributed by atoms with Gasteiger partial charge in [0.2, 0.25) is 0 Å². The maximum absolute atomic E-state index is 10.6. The summed E-state index contributed by atoms with van der Waals surface area (Å²) in [5.41, 5.74) is 1.69. The Hall–Kier alpha value is -1.80. The van der Waals surface area contributed by atoms with Crippen LogP contribution in [0.4, 0.5) is 5.69 Å². The lowest BCUT2D eigenvalue weighted by atomic mass is 10.1. The van der Waals surface area contributed by atoms with Crippen LogP contribution in [-0.4, -0.2) is 24.2 Å². The molecule has 1 unspecified atom stereocenters. The molecule has 0 saturated carbocycles. The quantitative estimate of drug-likeness (QED) is 0.845. The molecule has 0 fully saturated rings. The number of carboxylic acids is 1. The molecule has 0 bridgehead atoms. The van der Waals surface area contributed by atoms with E-state index in [4.69, 9.17) is 10.4 Å². The summed E-state index contributed by atoms with van der Waals surface area (Å²) < 4.78 is 0.908. The molecule has 0 heterocycles. The molecular formula is C14H15BrN2O2. The molecule has 0 aliphatic carbocycles. The zero-order valence-corrected chi connectivity index (χ0v) is 12.4. The number of aliphatic carboxylic acids is 1. The van der Waals surface area contributed by atoms with Crippen LogP contribution in [0.2, 0.25) is 0 Å². The third-order valence-corrected chi connectivity index (χ3v) is 3.32. The SMILES string of the molecule is CC(CC#N)N(C)c1cc(Br)ccc1C=CC(=O)O. The van der Waals surface area contributed by atoms with Crippen molar-refractivity contribution < 1.29 is 9.90 Å². The van der Waals surface area contributed by atoms with Crippen LogP contribution in [0.1, 0.15) is 18.9 Å². The predicted octanol–water partition coefficient (Wildman–Crippen LogP) is 3.29. The van der Waals surface area contributed by atoms with Gasteiger partial charge in [-0.25, -0.2) is 4.79 Å². The van der Waals surface area contributed by atoms with Crippen LogP contribution in [0.25, 0.3) is 6.08 Å². The summed E-state index contributed by atoms with van der Waals surface area (Å²) in [6.07, 6.45) is 3.07. The molecule has 0 spiro atoms. The van der Waals surface area contributed by atoms with E-state index in [1.807, 2.05) is 37.1 Å². The van der Waals surface area contributed by atoms with Crippen LogP contribution in [0.15, 0.2) is 28.7 Å². The van der Waals surface area contributed by atoms with E-state index in [0.717, 1.165) is 21.8 Å². The molecule has 1 rings (SSSR count). The third kappa shape index (κ3) is 4.42. The van der Waals surface area contributed by atoms with Crippen molar-refractivity contribution in [1.29, 1.82) is 5.26 Å². The molecule has 19 heavy (non-hydrogen) atoms. The second kappa shape index (κ2) is 6.95. The Morgan fingerprint density at radius 3 is 2.89 bits per heavy atom.